The highest BCUT2D eigenvalue weighted by atomic mass is 79.9. The van der Waals surface area contributed by atoms with Gasteiger partial charge in [0, 0.05) is 16.8 Å². The van der Waals surface area contributed by atoms with Crippen LogP contribution in [0.15, 0.2) is 22.7 Å². The fourth-order valence-electron chi connectivity index (χ4n) is 2.90. The van der Waals surface area contributed by atoms with Crippen molar-refractivity contribution in [2.75, 3.05) is 0 Å². The van der Waals surface area contributed by atoms with Crippen molar-refractivity contribution in [1.29, 1.82) is 0 Å². The van der Waals surface area contributed by atoms with Crippen LogP contribution in [0.2, 0.25) is 0 Å². The van der Waals surface area contributed by atoms with Crippen molar-refractivity contribution in [1.82, 2.24) is 0 Å². The van der Waals surface area contributed by atoms with Gasteiger partial charge in [-0.1, -0.05) is 29.3 Å². The van der Waals surface area contributed by atoms with E-state index in [4.69, 9.17) is 0 Å². The van der Waals surface area contributed by atoms with E-state index in [9.17, 15) is 9.18 Å². The van der Waals surface area contributed by atoms with E-state index >= 15 is 0 Å². The van der Waals surface area contributed by atoms with Crippen LogP contribution in [0, 0.1) is 17.7 Å². The average Bonchev–Trinajstić information content (AvgIpc) is 2.43. The third-order valence-corrected chi connectivity index (χ3v) is 4.75. The van der Waals surface area contributed by atoms with Gasteiger partial charge >= 0.3 is 0 Å². The van der Waals surface area contributed by atoms with Gasteiger partial charge in [-0.05, 0) is 55.4 Å². The fourth-order valence-corrected chi connectivity index (χ4v) is 3.31. The molecule has 3 heteroatoms. The lowest BCUT2D eigenvalue weighted by molar-refractivity contribution is -0.123. The number of hydrogen-bond donors (Lipinski definition) is 0. The number of benzene rings is 1. The van der Waals surface area contributed by atoms with E-state index in [1.807, 2.05) is 0 Å². The van der Waals surface area contributed by atoms with Crippen molar-refractivity contribution < 1.29 is 9.18 Å². The molecule has 0 aliphatic heterocycles. The number of Topliss-reactive ketones (excluding diaryl/α,β-unsaturated/α-hetero) is 1. The van der Waals surface area contributed by atoms with Crippen LogP contribution < -0.4 is 0 Å². The van der Waals surface area contributed by atoms with Crippen LogP contribution in [-0.4, -0.2) is 5.78 Å². The Morgan fingerprint density at radius 2 is 2.00 bits per heavy atom. The predicted molar refractivity (Wildman–Crippen MR) is 78.6 cm³/mol. The van der Waals surface area contributed by atoms with E-state index in [-0.39, 0.29) is 23.9 Å². The van der Waals surface area contributed by atoms with Crippen molar-refractivity contribution in [3.8, 4) is 0 Å². The summed E-state index contributed by atoms with van der Waals surface area (Å²) in [5, 5.41) is 0. The standard InChI is InChI=1S/C16H20BrFO/c1-2-11-3-5-12(6-4-11)16(19)10-13-9-14(17)7-8-15(13)18/h7-9,11-12H,2-6,10H2,1H3. The second-order valence-electron chi connectivity index (χ2n) is 5.50. The summed E-state index contributed by atoms with van der Waals surface area (Å²) in [5.74, 6) is 0.846. The number of rotatable bonds is 4. The summed E-state index contributed by atoms with van der Waals surface area (Å²) in [6, 6.07) is 4.79. The molecular formula is C16H20BrFO. The molecule has 1 aromatic rings. The van der Waals surface area contributed by atoms with Gasteiger partial charge in [-0.25, -0.2) is 4.39 Å². The van der Waals surface area contributed by atoms with Gasteiger partial charge in [-0.3, -0.25) is 4.79 Å². The van der Waals surface area contributed by atoms with Gasteiger partial charge in [0.15, 0.2) is 0 Å². The van der Waals surface area contributed by atoms with Gasteiger partial charge in [0.2, 0.25) is 0 Å². The fraction of sp³-hybridized carbons (Fsp3) is 0.562. The summed E-state index contributed by atoms with van der Waals surface area (Å²) < 4.78 is 14.5. The second kappa shape index (κ2) is 6.65. The zero-order chi connectivity index (χ0) is 13.8. The number of hydrogen-bond acceptors (Lipinski definition) is 1. The molecule has 1 aliphatic rings. The zero-order valence-corrected chi connectivity index (χ0v) is 12.9. The highest BCUT2D eigenvalue weighted by molar-refractivity contribution is 9.10. The van der Waals surface area contributed by atoms with Gasteiger partial charge < -0.3 is 0 Å². The SMILES string of the molecule is CCC1CCC(C(=O)Cc2cc(Br)ccc2F)CC1. The Morgan fingerprint density at radius 1 is 1.32 bits per heavy atom. The molecule has 1 fully saturated rings. The smallest absolute Gasteiger partial charge is 0.140 e. The van der Waals surface area contributed by atoms with Gasteiger partial charge in [0.1, 0.15) is 11.6 Å². The Bertz CT molecular complexity index is 450. The molecule has 0 saturated heterocycles. The lowest BCUT2D eigenvalue weighted by Gasteiger charge is -2.26. The molecule has 0 N–H and O–H groups in total. The van der Waals surface area contributed by atoms with Crippen molar-refractivity contribution in [3.63, 3.8) is 0 Å². The topological polar surface area (TPSA) is 17.1 Å². The molecule has 0 atom stereocenters. The molecule has 0 unspecified atom stereocenters. The molecule has 0 radical (unpaired) electrons. The first-order chi connectivity index (χ1) is 9.10. The Hall–Kier alpha value is -0.700. The maximum absolute atomic E-state index is 13.6. The van der Waals surface area contributed by atoms with Crippen molar-refractivity contribution in [2.45, 2.75) is 45.4 Å². The second-order valence-corrected chi connectivity index (χ2v) is 6.42. The summed E-state index contributed by atoms with van der Waals surface area (Å²) >= 11 is 3.32. The molecule has 104 valence electrons. The van der Waals surface area contributed by atoms with Crippen LogP contribution in [0.3, 0.4) is 0 Å². The zero-order valence-electron chi connectivity index (χ0n) is 11.3. The largest absolute Gasteiger partial charge is 0.299 e. The Labute approximate surface area is 122 Å². The Morgan fingerprint density at radius 3 is 2.63 bits per heavy atom. The summed E-state index contributed by atoms with van der Waals surface area (Å²) in [6.45, 7) is 2.21. The van der Waals surface area contributed by atoms with E-state index in [0.717, 1.165) is 36.1 Å². The first-order valence-corrected chi connectivity index (χ1v) is 7.86. The minimum absolute atomic E-state index is 0.140. The Balaban J connectivity index is 1.96. The lowest BCUT2D eigenvalue weighted by atomic mass is 9.78. The lowest BCUT2D eigenvalue weighted by Crippen LogP contribution is -2.23. The van der Waals surface area contributed by atoms with Gasteiger partial charge in [-0.2, -0.15) is 0 Å². The van der Waals surface area contributed by atoms with Crippen LogP contribution in [0.25, 0.3) is 0 Å². The minimum Gasteiger partial charge on any atom is -0.299 e. The van der Waals surface area contributed by atoms with E-state index in [1.165, 1.54) is 12.5 Å². The van der Waals surface area contributed by atoms with Crippen molar-refractivity contribution in [3.05, 3.63) is 34.1 Å². The molecule has 0 amide bonds. The maximum atomic E-state index is 13.6. The van der Waals surface area contributed by atoms with E-state index in [2.05, 4.69) is 22.9 Å². The maximum Gasteiger partial charge on any atom is 0.140 e. The van der Waals surface area contributed by atoms with E-state index in [1.54, 1.807) is 12.1 Å². The summed E-state index contributed by atoms with van der Waals surface area (Å²) in [4.78, 5) is 12.2. The number of ketones is 1. The van der Waals surface area contributed by atoms with Crippen LogP contribution in [0.4, 0.5) is 4.39 Å². The molecule has 0 aromatic heterocycles. The van der Waals surface area contributed by atoms with Crippen molar-refractivity contribution >= 4 is 21.7 Å². The molecule has 0 heterocycles. The molecule has 19 heavy (non-hydrogen) atoms. The highest BCUT2D eigenvalue weighted by Crippen LogP contribution is 2.32. The molecule has 0 spiro atoms. The van der Waals surface area contributed by atoms with E-state index in [0.29, 0.717) is 5.56 Å². The van der Waals surface area contributed by atoms with Crippen molar-refractivity contribution in [2.24, 2.45) is 11.8 Å². The van der Waals surface area contributed by atoms with Gasteiger partial charge in [0.05, 0.1) is 0 Å². The quantitative estimate of drug-likeness (QED) is 0.767. The predicted octanol–water partition coefficient (Wildman–Crippen LogP) is 4.92. The summed E-state index contributed by atoms with van der Waals surface area (Å²) in [5.41, 5.74) is 0.511. The van der Waals surface area contributed by atoms with E-state index < -0.39 is 0 Å². The third-order valence-electron chi connectivity index (χ3n) is 4.25. The number of carbonyl (C=O) groups excluding carboxylic acids is 1. The molecule has 2 rings (SSSR count). The average molecular weight is 327 g/mol. The summed E-state index contributed by atoms with van der Waals surface area (Å²) in [7, 11) is 0. The molecule has 1 aliphatic carbocycles. The monoisotopic (exact) mass is 326 g/mol. The first kappa shape index (κ1) is 14.7. The summed E-state index contributed by atoms with van der Waals surface area (Å²) in [6.07, 6.45) is 5.69. The molecule has 1 nitrogen and oxygen atoms in total. The third kappa shape index (κ3) is 3.88. The van der Waals surface area contributed by atoms with Crippen LogP contribution in [0.1, 0.15) is 44.6 Å². The Kier molecular flexibility index (Phi) is 5.14. The highest BCUT2D eigenvalue weighted by Gasteiger charge is 2.25. The number of halogens is 2. The molecular weight excluding hydrogens is 307 g/mol. The molecule has 1 aromatic carbocycles. The molecule has 1 saturated carbocycles. The van der Waals surface area contributed by atoms with Crippen LogP contribution >= 0.6 is 15.9 Å². The van der Waals surface area contributed by atoms with Crippen LogP contribution in [0.5, 0.6) is 0 Å². The van der Waals surface area contributed by atoms with Gasteiger partial charge in [0.25, 0.3) is 0 Å². The minimum atomic E-state index is -0.279. The number of carbonyl (C=O) groups is 1. The van der Waals surface area contributed by atoms with Gasteiger partial charge in [-0.15, -0.1) is 0 Å². The normalized spacial score (nSPS) is 23.3. The molecule has 0 bridgehead atoms. The van der Waals surface area contributed by atoms with Crippen LogP contribution in [-0.2, 0) is 11.2 Å². The first-order valence-electron chi connectivity index (χ1n) is 7.06.